The molecule has 5 nitrogen and oxygen atoms in total. The second-order valence-corrected chi connectivity index (χ2v) is 8.94. The summed E-state index contributed by atoms with van der Waals surface area (Å²) < 4.78 is 15.8. The molecule has 0 radical (unpaired) electrons. The first kappa shape index (κ1) is 20.1. The van der Waals surface area contributed by atoms with Crippen molar-refractivity contribution in [2.24, 2.45) is 0 Å². The van der Waals surface area contributed by atoms with Crippen LogP contribution in [-0.4, -0.2) is 26.4 Å². The molecule has 0 unspecified atom stereocenters. The van der Waals surface area contributed by atoms with E-state index < -0.39 is 5.82 Å². The highest BCUT2D eigenvalue weighted by atomic mass is 32.2. The van der Waals surface area contributed by atoms with Gasteiger partial charge in [0.25, 0.3) is 0 Å². The largest absolute Gasteiger partial charge is 0.323 e. The Morgan fingerprint density at radius 2 is 2.10 bits per heavy atom. The zero-order valence-electron chi connectivity index (χ0n) is 16.3. The summed E-state index contributed by atoms with van der Waals surface area (Å²) in [7, 11) is 0. The predicted molar refractivity (Wildman–Crippen MR) is 116 cm³/mol. The number of thiophene rings is 1. The third-order valence-electron chi connectivity index (χ3n) is 4.95. The fourth-order valence-corrected chi connectivity index (χ4v) is 5.47. The fourth-order valence-electron chi connectivity index (χ4n) is 3.58. The van der Waals surface area contributed by atoms with E-state index in [0.717, 1.165) is 36.8 Å². The Bertz CT molecular complexity index is 1010. The first-order chi connectivity index (χ1) is 14.2. The van der Waals surface area contributed by atoms with E-state index in [1.807, 2.05) is 11.3 Å². The molecule has 2 heterocycles. The van der Waals surface area contributed by atoms with Gasteiger partial charge in [0.1, 0.15) is 5.82 Å². The number of benzene rings is 1. The Morgan fingerprint density at radius 1 is 1.28 bits per heavy atom. The Balaban J connectivity index is 1.50. The second kappa shape index (κ2) is 9.09. The van der Waals surface area contributed by atoms with Crippen LogP contribution in [0.5, 0.6) is 0 Å². The summed E-state index contributed by atoms with van der Waals surface area (Å²) in [6, 6.07) is 6.17. The van der Waals surface area contributed by atoms with E-state index in [9.17, 15) is 9.18 Å². The SMILES string of the molecule is CCCn1c(SCC(=O)Nc2ccccc2F)nnc1-c1csc2c1CCCC2. The third kappa shape index (κ3) is 4.38. The second-order valence-electron chi connectivity index (χ2n) is 7.03. The van der Waals surface area contributed by atoms with Gasteiger partial charge in [0.05, 0.1) is 11.4 Å². The molecular formula is C21H23FN4OS2. The average molecular weight is 431 g/mol. The molecule has 0 aliphatic heterocycles. The van der Waals surface area contributed by atoms with E-state index in [2.05, 4.69) is 32.4 Å². The molecule has 0 saturated heterocycles. The number of amides is 1. The van der Waals surface area contributed by atoms with Crippen LogP contribution < -0.4 is 5.32 Å². The number of aromatic nitrogens is 3. The summed E-state index contributed by atoms with van der Waals surface area (Å²) in [6.07, 6.45) is 5.68. The van der Waals surface area contributed by atoms with Crippen LogP contribution >= 0.6 is 23.1 Å². The molecule has 2 aromatic heterocycles. The van der Waals surface area contributed by atoms with Gasteiger partial charge in [0.2, 0.25) is 5.91 Å². The van der Waals surface area contributed by atoms with Gasteiger partial charge >= 0.3 is 0 Å². The number of anilines is 1. The molecule has 0 saturated carbocycles. The Kier molecular flexibility index (Phi) is 6.30. The van der Waals surface area contributed by atoms with Crippen LogP contribution in [0.3, 0.4) is 0 Å². The lowest BCUT2D eigenvalue weighted by molar-refractivity contribution is -0.113. The topological polar surface area (TPSA) is 59.8 Å². The summed E-state index contributed by atoms with van der Waals surface area (Å²) in [4.78, 5) is 13.7. The van der Waals surface area contributed by atoms with E-state index in [1.54, 1.807) is 18.2 Å². The van der Waals surface area contributed by atoms with Crippen molar-refractivity contribution in [2.45, 2.75) is 50.7 Å². The maximum absolute atomic E-state index is 13.7. The first-order valence-electron chi connectivity index (χ1n) is 9.87. The zero-order chi connectivity index (χ0) is 20.2. The molecule has 0 bridgehead atoms. The Hall–Kier alpha value is -2.19. The van der Waals surface area contributed by atoms with Crippen LogP contribution in [0.1, 0.15) is 36.6 Å². The number of hydrogen-bond donors (Lipinski definition) is 1. The predicted octanol–water partition coefficient (Wildman–Crippen LogP) is 5.17. The summed E-state index contributed by atoms with van der Waals surface area (Å²) in [5, 5.41) is 14.4. The smallest absolute Gasteiger partial charge is 0.234 e. The molecular weight excluding hydrogens is 407 g/mol. The maximum Gasteiger partial charge on any atom is 0.234 e. The number of carbonyl (C=O) groups is 1. The number of hydrogen-bond acceptors (Lipinski definition) is 5. The number of halogens is 1. The standard InChI is InChI=1S/C21H23FN4OS2/c1-2-11-26-20(15-12-28-18-10-6-3-7-14(15)18)24-25-21(26)29-13-19(27)23-17-9-5-4-8-16(17)22/h4-5,8-9,12H,2-3,6-7,10-11,13H2,1H3,(H,23,27). The molecule has 8 heteroatoms. The molecule has 0 spiro atoms. The lowest BCUT2D eigenvalue weighted by Crippen LogP contribution is -2.15. The average Bonchev–Trinajstić information content (AvgIpc) is 3.32. The van der Waals surface area contributed by atoms with Gasteiger partial charge in [-0.3, -0.25) is 4.79 Å². The molecule has 152 valence electrons. The minimum atomic E-state index is -0.440. The first-order valence-corrected chi connectivity index (χ1v) is 11.7. The van der Waals surface area contributed by atoms with Gasteiger partial charge in [-0.1, -0.05) is 30.8 Å². The molecule has 1 aliphatic carbocycles. The Morgan fingerprint density at radius 3 is 2.93 bits per heavy atom. The summed E-state index contributed by atoms with van der Waals surface area (Å²) in [5.74, 6) is 0.339. The maximum atomic E-state index is 13.7. The van der Waals surface area contributed by atoms with Crippen molar-refractivity contribution in [3.63, 3.8) is 0 Å². The number of para-hydroxylation sites is 1. The van der Waals surface area contributed by atoms with Crippen LogP contribution in [0.2, 0.25) is 0 Å². The normalized spacial score (nSPS) is 13.3. The monoisotopic (exact) mass is 430 g/mol. The van der Waals surface area contributed by atoms with E-state index >= 15 is 0 Å². The molecule has 4 rings (SSSR count). The van der Waals surface area contributed by atoms with Gasteiger partial charge < -0.3 is 9.88 Å². The Labute approximate surface area is 177 Å². The van der Waals surface area contributed by atoms with Crippen LogP contribution in [0, 0.1) is 5.82 Å². The lowest BCUT2D eigenvalue weighted by Gasteiger charge is -2.13. The van der Waals surface area contributed by atoms with E-state index in [1.165, 1.54) is 46.7 Å². The molecule has 1 aromatic carbocycles. The molecule has 1 amide bonds. The molecule has 29 heavy (non-hydrogen) atoms. The quantitative estimate of drug-likeness (QED) is 0.526. The molecule has 0 fully saturated rings. The summed E-state index contributed by atoms with van der Waals surface area (Å²) >= 11 is 3.15. The fraction of sp³-hybridized carbons (Fsp3) is 0.381. The lowest BCUT2D eigenvalue weighted by atomic mass is 9.95. The highest BCUT2D eigenvalue weighted by Gasteiger charge is 2.22. The minimum absolute atomic E-state index is 0.151. The molecule has 1 aliphatic rings. The number of thioether (sulfide) groups is 1. The van der Waals surface area contributed by atoms with Crippen molar-refractivity contribution >= 4 is 34.7 Å². The highest BCUT2D eigenvalue weighted by Crippen LogP contribution is 2.36. The van der Waals surface area contributed by atoms with Crippen molar-refractivity contribution in [2.75, 3.05) is 11.1 Å². The third-order valence-corrected chi connectivity index (χ3v) is 7.00. The van der Waals surface area contributed by atoms with Gasteiger partial charge in [-0.2, -0.15) is 0 Å². The number of nitrogens with zero attached hydrogens (tertiary/aromatic N) is 3. The summed E-state index contributed by atoms with van der Waals surface area (Å²) in [6.45, 7) is 2.91. The van der Waals surface area contributed by atoms with Crippen molar-refractivity contribution < 1.29 is 9.18 Å². The van der Waals surface area contributed by atoms with Crippen LogP contribution in [-0.2, 0) is 24.2 Å². The van der Waals surface area contributed by atoms with Crippen LogP contribution in [0.4, 0.5) is 10.1 Å². The summed E-state index contributed by atoms with van der Waals surface area (Å²) in [5.41, 5.74) is 2.80. The van der Waals surface area contributed by atoms with Gasteiger partial charge in [0, 0.05) is 22.4 Å². The van der Waals surface area contributed by atoms with E-state index in [4.69, 9.17) is 0 Å². The van der Waals surface area contributed by atoms with E-state index in [0.29, 0.717) is 0 Å². The van der Waals surface area contributed by atoms with Gasteiger partial charge in [-0.05, 0) is 49.8 Å². The number of nitrogens with one attached hydrogen (secondary N) is 1. The van der Waals surface area contributed by atoms with Gasteiger partial charge in [0.15, 0.2) is 11.0 Å². The number of fused-ring (bicyclic) bond motifs is 1. The molecule has 1 N–H and O–H groups in total. The number of carbonyl (C=O) groups excluding carboxylic acids is 1. The molecule has 3 aromatic rings. The van der Waals surface area contributed by atoms with Gasteiger partial charge in [-0.25, -0.2) is 4.39 Å². The number of rotatable bonds is 7. The van der Waals surface area contributed by atoms with E-state index in [-0.39, 0.29) is 17.3 Å². The van der Waals surface area contributed by atoms with Crippen molar-refractivity contribution in [3.8, 4) is 11.4 Å². The zero-order valence-corrected chi connectivity index (χ0v) is 17.9. The minimum Gasteiger partial charge on any atom is -0.323 e. The van der Waals surface area contributed by atoms with Crippen LogP contribution in [0.15, 0.2) is 34.8 Å². The van der Waals surface area contributed by atoms with Crippen LogP contribution in [0.25, 0.3) is 11.4 Å². The van der Waals surface area contributed by atoms with Crippen molar-refractivity contribution in [1.29, 1.82) is 0 Å². The molecule has 0 atom stereocenters. The van der Waals surface area contributed by atoms with Gasteiger partial charge in [-0.15, -0.1) is 21.5 Å². The van der Waals surface area contributed by atoms with Crippen molar-refractivity contribution in [1.82, 2.24) is 14.8 Å². The van der Waals surface area contributed by atoms with Crippen molar-refractivity contribution in [3.05, 3.63) is 45.9 Å². The number of aryl methyl sites for hydroxylation is 1. The highest BCUT2D eigenvalue weighted by molar-refractivity contribution is 7.99.